The van der Waals surface area contributed by atoms with Crippen LogP contribution in [0.4, 0.5) is 0 Å². The molecule has 3 aromatic heterocycles. The van der Waals surface area contributed by atoms with Gasteiger partial charge >= 0.3 is 0 Å². The first-order chi connectivity index (χ1) is 14.0. The smallest absolute Gasteiger partial charge is 0.258 e. The number of piperidine rings is 1. The van der Waals surface area contributed by atoms with E-state index in [2.05, 4.69) is 14.7 Å². The van der Waals surface area contributed by atoms with Crippen LogP contribution in [0, 0.1) is 13.8 Å². The number of amides is 1. The number of ether oxygens (including phenoxy) is 1. The minimum atomic E-state index is -0.0255. The highest BCUT2D eigenvalue weighted by molar-refractivity contribution is 7.15. The van der Waals surface area contributed by atoms with Crippen molar-refractivity contribution in [1.29, 1.82) is 0 Å². The lowest BCUT2D eigenvalue weighted by molar-refractivity contribution is 0.0707. The Bertz CT molecular complexity index is 998. The number of hydrogen-bond acceptors (Lipinski definition) is 6. The van der Waals surface area contributed by atoms with Gasteiger partial charge in [0, 0.05) is 42.3 Å². The maximum absolute atomic E-state index is 12.9. The summed E-state index contributed by atoms with van der Waals surface area (Å²) in [5.74, 6) is 2.64. The Morgan fingerprint density at radius 1 is 1.38 bits per heavy atom. The molecule has 29 heavy (non-hydrogen) atoms. The standard InChI is InChI=1S/C20H23ClN4O3S/c1-12-15(13(2)28-23-12)10-25-9-6-22-19(25)14-4-7-24(8-5-14)20(26)16-11-29-18(21)17(16)27-3/h6,9,11,14H,4-5,7-8,10H2,1-3H3. The molecule has 0 atom stereocenters. The number of methoxy groups -OCH3 is 1. The number of rotatable bonds is 5. The number of aryl methyl sites for hydroxylation is 2. The van der Waals surface area contributed by atoms with Crippen molar-refractivity contribution in [3.8, 4) is 5.75 Å². The van der Waals surface area contributed by atoms with Crippen LogP contribution in [0.2, 0.25) is 4.34 Å². The Morgan fingerprint density at radius 3 is 2.79 bits per heavy atom. The van der Waals surface area contributed by atoms with Gasteiger partial charge in [0.05, 0.1) is 24.9 Å². The minimum absolute atomic E-state index is 0.0255. The highest BCUT2D eigenvalue weighted by Gasteiger charge is 2.29. The van der Waals surface area contributed by atoms with Gasteiger partial charge in [-0.3, -0.25) is 4.79 Å². The lowest BCUT2D eigenvalue weighted by atomic mass is 9.95. The lowest BCUT2D eigenvalue weighted by Crippen LogP contribution is -2.38. The van der Waals surface area contributed by atoms with Crippen molar-refractivity contribution in [2.75, 3.05) is 20.2 Å². The maximum atomic E-state index is 12.9. The Labute approximate surface area is 178 Å². The number of halogens is 1. The first-order valence-electron chi connectivity index (χ1n) is 9.52. The zero-order valence-corrected chi connectivity index (χ0v) is 18.2. The van der Waals surface area contributed by atoms with E-state index in [1.165, 1.54) is 18.4 Å². The molecule has 4 heterocycles. The number of carbonyl (C=O) groups is 1. The molecule has 1 fully saturated rings. The van der Waals surface area contributed by atoms with Gasteiger partial charge in [0.2, 0.25) is 0 Å². The van der Waals surface area contributed by atoms with Gasteiger partial charge in [-0.15, -0.1) is 11.3 Å². The van der Waals surface area contributed by atoms with E-state index in [-0.39, 0.29) is 5.91 Å². The van der Waals surface area contributed by atoms with Crippen LogP contribution in [0.5, 0.6) is 5.75 Å². The zero-order valence-electron chi connectivity index (χ0n) is 16.6. The molecule has 1 aliphatic rings. The SMILES string of the molecule is COc1c(C(=O)N2CCC(c3nccn3Cc3c(C)noc3C)CC2)csc1Cl. The molecule has 0 aromatic carbocycles. The molecule has 9 heteroatoms. The third-order valence-corrected chi connectivity index (χ3v) is 6.73. The third-order valence-electron chi connectivity index (χ3n) is 5.54. The number of aromatic nitrogens is 3. The van der Waals surface area contributed by atoms with Crippen molar-refractivity contribution in [1.82, 2.24) is 19.6 Å². The monoisotopic (exact) mass is 434 g/mol. The maximum Gasteiger partial charge on any atom is 0.258 e. The minimum Gasteiger partial charge on any atom is -0.493 e. The molecule has 7 nitrogen and oxygen atoms in total. The quantitative estimate of drug-likeness (QED) is 0.599. The van der Waals surface area contributed by atoms with E-state index >= 15 is 0 Å². The first kappa shape index (κ1) is 20.0. The molecule has 0 radical (unpaired) electrons. The van der Waals surface area contributed by atoms with Crippen molar-refractivity contribution >= 4 is 28.8 Å². The molecule has 1 aliphatic heterocycles. The van der Waals surface area contributed by atoms with Gasteiger partial charge in [0.25, 0.3) is 5.91 Å². The predicted molar refractivity (Wildman–Crippen MR) is 111 cm³/mol. The Hall–Kier alpha value is -2.32. The second-order valence-electron chi connectivity index (χ2n) is 7.24. The van der Waals surface area contributed by atoms with Gasteiger partial charge in [0.15, 0.2) is 5.75 Å². The van der Waals surface area contributed by atoms with Crippen LogP contribution in [-0.4, -0.2) is 45.7 Å². The summed E-state index contributed by atoms with van der Waals surface area (Å²) in [5.41, 5.74) is 2.55. The molecule has 4 rings (SSSR count). The summed E-state index contributed by atoms with van der Waals surface area (Å²) in [6.07, 6.45) is 5.56. The van der Waals surface area contributed by atoms with Gasteiger partial charge in [-0.2, -0.15) is 0 Å². The van der Waals surface area contributed by atoms with Crippen LogP contribution in [0.1, 0.15) is 52.0 Å². The van der Waals surface area contributed by atoms with E-state index in [0.717, 1.165) is 35.7 Å². The lowest BCUT2D eigenvalue weighted by Gasteiger charge is -2.32. The molecular weight excluding hydrogens is 412 g/mol. The van der Waals surface area contributed by atoms with Crippen molar-refractivity contribution in [3.05, 3.63) is 50.5 Å². The van der Waals surface area contributed by atoms with Gasteiger partial charge in [-0.1, -0.05) is 16.8 Å². The largest absolute Gasteiger partial charge is 0.493 e. The van der Waals surface area contributed by atoms with E-state index in [1.807, 2.05) is 31.1 Å². The molecule has 0 unspecified atom stereocenters. The van der Waals surface area contributed by atoms with Gasteiger partial charge in [-0.25, -0.2) is 4.98 Å². The number of carbonyl (C=O) groups excluding carboxylic acids is 1. The van der Waals surface area contributed by atoms with Crippen molar-refractivity contribution < 1.29 is 14.1 Å². The summed E-state index contributed by atoms with van der Waals surface area (Å²) in [4.78, 5) is 19.4. The molecule has 1 amide bonds. The van der Waals surface area contributed by atoms with E-state index < -0.39 is 0 Å². The fourth-order valence-electron chi connectivity index (χ4n) is 3.88. The molecule has 0 bridgehead atoms. The van der Waals surface area contributed by atoms with Crippen LogP contribution in [0.25, 0.3) is 0 Å². The highest BCUT2D eigenvalue weighted by atomic mass is 35.5. The summed E-state index contributed by atoms with van der Waals surface area (Å²) in [6.45, 7) is 5.94. The average molecular weight is 435 g/mol. The number of thiophene rings is 1. The third kappa shape index (κ3) is 3.79. The molecule has 0 spiro atoms. The topological polar surface area (TPSA) is 73.4 Å². The average Bonchev–Trinajstić information content (AvgIpc) is 3.43. The molecule has 0 aliphatic carbocycles. The predicted octanol–water partition coefficient (Wildman–Crippen LogP) is 4.28. The van der Waals surface area contributed by atoms with Gasteiger partial charge in [0.1, 0.15) is 15.9 Å². The van der Waals surface area contributed by atoms with Crippen LogP contribution < -0.4 is 4.74 Å². The van der Waals surface area contributed by atoms with E-state index in [4.69, 9.17) is 20.9 Å². The van der Waals surface area contributed by atoms with E-state index in [9.17, 15) is 4.79 Å². The molecule has 0 saturated carbocycles. The van der Waals surface area contributed by atoms with Gasteiger partial charge in [-0.05, 0) is 26.7 Å². The molecule has 0 N–H and O–H groups in total. The van der Waals surface area contributed by atoms with Gasteiger partial charge < -0.3 is 18.7 Å². The zero-order chi connectivity index (χ0) is 20.5. The van der Waals surface area contributed by atoms with Crippen LogP contribution >= 0.6 is 22.9 Å². The summed E-state index contributed by atoms with van der Waals surface area (Å²) in [6, 6.07) is 0. The van der Waals surface area contributed by atoms with Crippen LogP contribution in [0.3, 0.4) is 0 Å². The van der Waals surface area contributed by atoms with Crippen LogP contribution in [0.15, 0.2) is 22.3 Å². The molecule has 1 saturated heterocycles. The summed E-state index contributed by atoms with van der Waals surface area (Å²) in [7, 11) is 1.54. The van der Waals surface area contributed by atoms with Crippen molar-refractivity contribution in [2.45, 2.75) is 39.2 Å². The highest BCUT2D eigenvalue weighted by Crippen LogP contribution is 2.37. The molecule has 154 valence electrons. The van der Waals surface area contributed by atoms with E-state index in [1.54, 1.807) is 5.38 Å². The second kappa shape index (κ2) is 8.20. The Morgan fingerprint density at radius 2 is 2.14 bits per heavy atom. The normalized spacial score (nSPS) is 15.1. The number of imidazole rings is 1. The molecular formula is C20H23ClN4O3S. The molecule has 3 aromatic rings. The number of nitrogens with zero attached hydrogens (tertiary/aromatic N) is 4. The first-order valence-corrected chi connectivity index (χ1v) is 10.8. The number of likely N-dealkylation sites (tertiary alicyclic amines) is 1. The summed E-state index contributed by atoms with van der Waals surface area (Å²) < 4.78 is 13.3. The summed E-state index contributed by atoms with van der Waals surface area (Å²) >= 11 is 7.44. The Kier molecular flexibility index (Phi) is 5.65. The summed E-state index contributed by atoms with van der Waals surface area (Å²) in [5, 5.41) is 5.81. The fraction of sp³-hybridized carbons (Fsp3) is 0.450. The number of hydrogen-bond donors (Lipinski definition) is 0. The van der Waals surface area contributed by atoms with Crippen LogP contribution in [-0.2, 0) is 6.54 Å². The van der Waals surface area contributed by atoms with Crippen molar-refractivity contribution in [2.24, 2.45) is 0 Å². The van der Waals surface area contributed by atoms with Crippen molar-refractivity contribution in [3.63, 3.8) is 0 Å². The fourth-order valence-corrected chi connectivity index (χ4v) is 4.93. The Balaban J connectivity index is 1.44. The second-order valence-corrected chi connectivity index (χ2v) is 8.72. The van der Waals surface area contributed by atoms with E-state index in [0.29, 0.717) is 41.2 Å².